The normalized spacial score (nSPS) is 11.2. The number of likely N-dealkylation sites (N-methyl/N-ethyl adjacent to an activating group) is 2. The van der Waals surface area contributed by atoms with Crippen LogP contribution in [0.15, 0.2) is 18.6 Å². The number of nitrogens with two attached hydrogens (primary N) is 1. The molecule has 0 fully saturated rings. The van der Waals surface area contributed by atoms with Crippen molar-refractivity contribution in [2.45, 2.75) is 0 Å². The quantitative estimate of drug-likeness (QED) is 0.574. The largest absolute Gasteiger partial charge is 0.355 e. The second-order valence-corrected chi connectivity index (χ2v) is 4.48. The van der Waals surface area contributed by atoms with Crippen molar-refractivity contribution in [1.82, 2.24) is 19.3 Å². The van der Waals surface area contributed by atoms with Gasteiger partial charge in [0.15, 0.2) is 17.3 Å². The van der Waals surface area contributed by atoms with Crippen molar-refractivity contribution in [1.29, 1.82) is 0 Å². The highest BCUT2D eigenvalue weighted by Crippen LogP contribution is 2.18. The van der Waals surface area contributed by atoms with Crippen molar-refractivity contribution in [3.63, 3.8) is 0 Å². The Labute approximate surface area is 106 Å². The maximum absolute atomic E-state index is 5.43. The lowest BCUT2D eigenvalue weighted by Crippen LogP contribution is -2.29. The first kappa shape index (κ1) is 12.6. The van der Waals surface area contributed by atoms with Crippen LogP contribution in [0.5, 0.6) is 0 Å². The van der Waals surface area contributed by atoms with Gasteiger partial charge in [0.05, 0.1) is 6.20 Å². The van der Waals surface area contributed by atoms with Crippen LogP contribution in [0, 0.1) is 0 Å². The number of nitrogens with one attached hydrogen (secondary N) is 1. The number of rotatable bonds is 5. The van der Waals surface area contributed by atoms with Crippen LogP contribution in [0.2, 0.25) is 0 Å². The molecule has 0 amide bonds. The third kappa shape index (κ3) is 2.52. The van der Waals surface area contributed by atoms with Crippen molar-refractivity contribution in [2.75, 3.05) is 44.6 Å². The van der Waals surface area contributed by atoms with Crippen molar-refractivity contribution in [3.8, 4) is 0 Å². The van der Waals surface area contributed by atoms with Gasteiger partial charge in [-0.2, -0.15) is 0 Å². The number of fused-ring (bicyclic) bond motifs is 1. The van der Waals surface area contributed by atoms with Crippen molar-refractivity contribution >= 4 is 17.3 Å². The van der Waals surface area contributed by atoms with E-state index in [1.54, 1.807) is 6.20 Å². The van der Waals surface area contributed by atoms with Crippen LogP contribution in [0.25, 0.3) is 5.65 Å². The first-order valence-electron chi connectivity index (χ1n) is 5.78. The summed E-state index contributed by atoms with van der Waals surface area (Å²) in [5, 5.41) is 0. The first-order valence-corrected chi connectivity index (χ1v) is 5.78. The molecule has 0 aliphatic heterocycles. The zero-order valence-electron chi connectivity index (χ0n) is 11.0. The third-order valence-corrected chi connectivity index (χ3v) is 2.75. The van der Waals surface area contributed by atoms with Gasteiger partial charge in [0, 0.05) is 32.5 Å². The minimum absolute atomic E-state index is 0.618. The molecule has 0 radical (unpaired) electrons. The number of nitrogen functional groups attached to an aromatic ring is 1. The Morgan fingerprint density at radius 2 is 2.11 bits per heavy atom. The number of nitrogens with zero attached hydrogens (tertiary/aromatic N) is 5. The predicted molar refractivity (Wildman–Crippen MR) is 72.6 cm³/mol. The lowest BCUT2D eigenvalue weighted by atomic mass is 10.4. The van der Waals surface area contributed by atoms with Crippen LogP contribution in [-0.4, -0.2) is 53.5 Å². The van der Waals surface area contributed by atoms with Crippen LogP contribution >= 0.6 is 0 Å². The molecule has 0 saturated heterocycles. The lowest BCUT2D eigenvalue weighted by Gasteiger charge is -2.21. The second-order valence-electron chi connectivity index (χ2n) is 4.48. The zero-order chi connectivity index (χ0) is 13.1. The summed E-state index contributed by atoms with van der Waals surface area (Å²) in [4.78, 5) is 13.0. The molecule has 0 spiro atoms. The molecule has 18 heavy (non-hydrogen) atoms. The number of aromatic nitrogens is 3. The summed E-state index contributed by atoms with van der Waals surface area (Å²) in [6, 6.07) is 0. The van der Waals surface area contributed by atoms with Crippen molar-refractivity contribution in [3.05, 3.63) is 18.6 Å². The van der Waals surface area contributed by atoms with Gasteiger partial charge in [-0.15, -0.1) is 0 Å². The number of hydrogen-bond donors (Lipinski definition) is 2. The Bertz CT molecular complexity index is 519. The Hall–Kier alpha value is -1.86. The van der Waals surface area contributed by atoms with Gasteiger partial charge in [0.1, 0.15) is 0 Å². The Morgan fingerprint density at radius 1 is 1.33 bits per heavy atom. The van der Waals surface area contributed by atoms with E-state index in [1.807, 2.05) is 37.9 Å². The molecule has 7 heteroatoms. The molecule has 0 bridgehead atoms. The van der Waals surface area contributed by atoms with E-state index in [1.165, 1.54) is 0 Å². The number of hydrazine groups is 1. The molecule has 7 nitrogen and oxygen atoms in total. The smallest absolute Gasteiger partial charge is 0.180 e. The SMILES string of the molecule is CN(C)CCN(C)c1nc(NN)cn2ccnc12. The van der Waals surface area contributed by atoms with E-state index < -0.39 is 0 Å². The Balaban J connectivity index is 2.32. The zero-order valence-corrected chi connectivity index (χ0v) is 11.0. The average Bonchev–Trinajstić information content (AvgIpc) is 2.82. The monoisotopic (exact) mass is 249 g/mol. The molecule has 2 heterocycles. The van der Waals surface area contributed by atoms with Gasteiger partial charge in [-0.1, -0.05) is 0 Å². The van der Waals surface area contributed by atoms with Crippen molar-refractivity contribution in [2.24, 2.45) is 5.84 Å². The molecule has 0 aromatic carbocycles. The maximum atomic E-state index is 5.43. The summed E-state index contributed by atoms with van der Waals surface area (Å²) in [5.74, 6) is 6.86. The predicted octanol–water partition coefficient (Wildman–Crippen LogP) is 0.0127. The van der Waals surface area contributed by atoms with Gasteiger partial charge in [-0.25, -0.2) is 15.8 Å². The Kier molecular flexibility index (Phi) is 3.63. The van der Waals surface area contributed by atoms with E-state index >= 15 is 0 Å². The van der Waals surface area contributed by atoms with Gasteiger partial charge >= 0.3 is 0 Å². The molecule has 98 valence electrons. The van der Waals surface area contributed by atoms with Gasteiger partial charge < -0.3 is 19.6 Å². The Morgan fingerprint density at radius 3 is 2.78 bits per heavy atom. The fourth-order valence-corrected chi connectivity index (χ4v) is 1.70. The highest BCUT2D eigenvalue weighted by molar-refractivity contribution is 5.66. The average molecular weight is 249 g/mol. The van der Waals surface area contributed by atoms with E-state index in [9.17, 15) is 0 Å². The third-order valence-electron chi connectivity index (χ3n) is 2.75. The summed E-state index contributed by atoms with van der Waals surface area (Å²) >= 11 is 0. The van der Waals surface area contributed by atoms with Gasteiger partial charge in [0.2, 0.25) is 0 Å². The molecular formula is C11H19N7. The molecule has 0 aliphatic carbocycles. The van der Waals surface area contributed by atoms with Crippen LogP contribution in [0.3, 0.4) is 0 Å². The molecule has 0 atom stereocenters. The van der Waals surface area contributed by atoms with Gasteiger partial charge in [0.25, 0.3) is 0 Å². The summed E-state index contributed by atoms with van der Waals surface area (Å²) in [6.07, 6.45) is 5.44. The maximum Gasteiger partial charge on any atom is 0.180 e. The van der Waals surface area contributed by atoms with E-state index in [-0.39, 0.29) is 0 Å². The molecule has 2 rings (SSSR count). The van der Waals surface area contributed by atoms with Gasteiger partial charge in [-0.3, -0.25) is 0 Å². The number of hydrogen-bond acceptors (Lipinski definition) is 6. The van der Waals surface area contributed by atoms with Crippen LogP contribution in [-0.2, 0) is 0 Å². The molecule has 2 aromatic heterocycles. The highest BCUT2D eigenvalue weighted by atomic mass is 15.3. The number of anilines is 2. The fraction of sp³-hybridized carbons (Fsp3) is 0.455. The molecular weight excluding hydrogens is 230 g/mol. The summed E-state index contributed by atoms with van der Waals surface area (Å²) < 4.78 is 1.91. The fourth-order valence-electron chi connectivity index (χ4n) is 1.70. The van der Waals surface area contributed by atoms with Crippen molar-refractivity contribution < 1.29 is 0 Å². The summed E-state index contributed by atoms with van der Waals surface area (Å²) in [6.45, 7) is 1.82. The van der Waals surface area contributed by atoms with Gasteiger partial charge in [-0.05, 0) is 14.1 Å². The van der Waals surface area contributed by atoms with E-state index in [0.29, 0.717) is 5.82 Å². The second kappa shape index (κ2) is 5.19. The van der Waals surface area contributed by atoms with Crippen LogP contribution < -0.4 is 16.2 Å². The number of imidazole rings is 1. The van der Waals surface area contributed by atoms with E-state index in [0.717, 1.165) is 24.6 Å². The molecule has 0 aliphatic rings. The van der Waals surface area contributed by atoms with E-state index in [4.69, 9.17) is 5.84 Å². The van der Waals surface area contributed by atoms with Crippen LogP contribution in [0.1, 0.15) is 0 Å². The van der Waals surface area contributed by atoms with E-state index in [2.05, 4.69) is 25.2 Å². The summed E-state index contributed by atoms with van der Waals surface area (Å²) in [7, 11) is 6.09. The topological polar surface area (TPSA) is 74.7 Å². The highest BCUT2D eigenvalue weighted by Gasteiger charge is 2.11. The summed E-state index contributed by atoms with van der Waals surface area (Å²) in [5.41, 5.74) is 3.40. The van der Waals surface area contributed by atoms with Crippen LogP contribution in [0.4, 0.5) is 11.6 Å². The molecule has 2 aromatic rings. The lowest BCUT2D eigenvalue weighted by molar-refractivity contribution is 0.416. The molecule has 0 unspecified atom stereocenters. The molecule has 3 N–H and O–H groups in total. The first-order chi connectivity index (χ1) is 8.61. The minimum Gasteiger partial charge on any atom is -0.355 e. The minimum atomic E-state index is 0.618. The molecule has 0 saturated carbocycles. The standard InChI is InChI=1S/C11H19N7/c1-16(2)6-7-17(3)11-10-13-4-5-18(10)8-9(14-11)15-12/h4-5,8,15H,6-7,12H2,1-3H3.